The van der Waals surface area contributed by atoms with E-state index in [9.17, 15) is 4.39 Å². The van der Waals surface area contributed by atoms with Gasteiger partial charge in [0.1, 0.15) is 5.82 Å². The van der Waals surface area contributed by atoms with Gasteiger partial charge in [0, 0.05) is 23.6 Å². The Bertz CT molecular complexity index is 502. The van der Waals surface area contributed by atoms with Crippen LogP contribution >= 0.6 is 0 Å². The average Bonchev–Trinajstić information content (AvgIpc) is 2.65. The maximum Gasteiger partial charge on any atom is 0.123 e. The van der Waals surface area contributed by atoms with Gasteiger partial charge >= 0.3 is 0 Å². The fourth-order valence-electron chi connectivity index (χ4n) is 2.26. The number of nitrogens with zero attached hydrogens (tertiary/aromatic N) is 1. The lowest BCUT2D eigenvalue weighted by atomic mass is 10.1. The van der Waals surface area contributed by atoms with Crippen LogP contribution in [-0.4, -0.2) is 11.1 Å². The van der Waals surface area contributed by atoms with Crippen LogP contribution in [0.3, 0.4) is 0 Å². The lowest BCUT2D eigenvalue weighted by molar-refractivity contribution is 0.629. The molecule has 0 atom stereocenters. The van der Waals surface area contributed by atoms with Gasteiger partial charge in [-0.15, -0.1) is 0 Å². The van der Waals surface area contributed by atoms with Crippen LogP contribution < -0.4 is 5.73 Å². The summed E-state index contributed by atoms with van der Waals surface area (Å²) < 4.78 is 15.5. The first kappa shape index (κ1) is 12.1. The number of hydrogen-bond donors (Lipinski definition) is 1. The van der Waals surface area contributed by atoms with Crippen molar-refractivity contribution in [3.05, 3.63) is 35.8 Å². The molecule has 0 aliphatic carbocycles. The Kier molecular flexibility index (Phi) is 3.79. The van der Waals surface area contributed by atoms with E-state index in [1.54, 1.807) is 6.07 Å². The predicted octanol–water partition coefficient (Wildman–Crippen LogP) is 3.08. The monoisotopic (exact) mass is 234 g/mol. The molecule has 17 heavy (non-hydrogen) atoms. The van der Waals surface area contributed by atoms with E-state index in [1.165, 1.54) is 11.6 Å². The SMILES string of the molecule is CCCn1cc(CCCN)c2cc(F)ccc21. The van der Waals surface area contributed by atoms with Crippen LogP contribution in [0.1, 0.15) is 25.3 Å². The zero-order valence-corrected chi connectivity index (χ0v) is 10.2. The van der Waals surface area contributed by atoms with Crippen molar-refractivity contribution < 1.29 is 4.39 Å². The highest BCUT2D eigenvalue weighted by Crippen LogP contribution is 2.24. The van der Waals surface area contributed by atoms with E-state index in [-0.39, 0.29) is 5.82 Å². The first-order valence-corrected chi connectivity index (χ1v) is 6.23. The quantitative estimate of drug-likeness (QED) is 0.846. The summed E-state index contributed by atoms with van der Waals surface area (Å²) in [6.45, 7) is 3.80. The molecule has 1 heterocycles. The molecular weight excluding hydrogens is 215 g/mol. The highest BCUT2D eigenvalue weighted by molar-refractivity contribution is 5.84. The third-order valence-corrected chi connectivity index (χ3v) is 3.04. The van der Waals surface area contributed by atoms with Crippen LogP contribution in [-0.2, 0) is 13.0 Å². The summed E-state index contributed by atoms with van der Waals surface area (Å²) in [5.74, 6) is -0.166. The summed E-state index contributed by atoms with van der Waals surface area (Å²) in [5.41, 5.74) is 7.87. The lowest BCUT2D eigenvalue weighted by Crippen LogP contribution is -2.00. The maximum atomic E-state index is 13.3. The Morgan fingerprint density at radius 1 is 1.35 bits per heavy atom. The second kappa shape index (κ2) is 5.32. The molecule has 0 aliphatic heterocycles. The van der Waals surface area contributed by atoms with Crippen LogP contribution in [0.2, 0.25) is 0 Å². The van der Waals surface area contributed by atoms with Gasteiger partial charge < -0.3 is 10.3 Å². The van der Waals surface area contributed by atoms with Crippen molar-refractivity contribution >= 4 is 10.9 Å². The minimum absolute atomic E-state index is 0.166. The number of halogens is 1. The Hall–Kier alpha value is -1.35. The molecular formula is C14H19FN2. The molecule has 0 saturated carbocycles. The topological polar surface area (TPSA) is 30.9 Å². The molecule has 1 aromatic heterocycles. The van der Waals surface area contributed by atoms with Gasteiger partial charge in [0.2, 0.25) is 0 Å². The van der Waals surface area contributed by atoms with Crippen molar-refractivity contribution in [1.82, 2.24) is 4.57 Å². The summed E-state index contributed by atoms with van der Waals surface area (Å²) in [7, 11) is 0. The van der Waals surface area contributed by atoms with E-state index in [1.807, 2.05) is 6.07 Å². The van der Waals surface area contributed by atoms with Crippen LogP contribution in [0.5, 0.6) is 0 Å². The molecule has 0 saturated heterocycles. The van der Waals surface area contributed by atoms with Crippen molar-refractivity contribution in [2.45, 2.75) is 32.7 Å². The molecule has 92 valence electrons. The Balaban J connectivity index is 2.46. The molecule has 2 nitrogen and oxygen atoms in total. The summed E-state index contributed by atoms with van der Waals surface area (Å²) in [4.78, 5) is 0. The van der Waals surface area contributed by atoms with Gasteiger partial charge in [0.25, 0.3) is 0 Å². The van der Waals surface area contributed by atoms with Gasteiger partial charge in [-0.1, -0.05) is 6.92 Å². The predicted molar refractivity (Wildman–Crippen MR) is 69.6 cm³/mol. The first-order chi connectivity index (χ1) is 8.26. The largest absolute Gasteiger partial charge is 0.347 e. The molecule has 2 rings (SSSR count). The zero-order valence-electron chi connectivity index (χ0n) is 10.2. The molecule has 0 fully saturated rings. The van der Waals surface area contributed by atoms with Crippen molar-refractivity contribution in [2.75, 3.05) is 6.54 Å². The second-order valence-corrected chi connectivity index (χ2v) is 4.40. The first-order valence-electron chi connectivity index (χ1n) is 6.23. The standard InChI is InChI=1S/C14H19FN2/c1-2-8-17-10-11(4-3-7-16)13-9-12(15)5-6-14(13)17/h5-6,9-10H,2-4,7-8,16H2,1H3. The number of aryl methyl sites for hydroxylation is 2. The fraction of sp³-hybridized carbons (Fsp3) is 0.429. The van der Waals surface area contributed by atoms with Gasteiger partial charge in [-0.3, -0.25) is 0 Å². The third kappa shape index (κ3) is 2.50. The number of rotatable bonds is 5. The number of nitrogens with two attached hydrogens (primary N) is 1. The maximum absolute atomic E-state index is 13.3. The number of hydrogen-bond acceptors (Lipinski definition) is 1. The second-order valence-electron chi connectivity index (χ2n) is 4.40. The number of aromatic nitrogens is 1. The fourth-order valence-corrected chi connectivity index (χ4v) is 2.26. The molecule has 1 aromatic carbocycles. The van der Waals surface area contributed by atoms with E-state index in [2.05, 4.69) is 17.7 Å². The van der Waals surface area contributed by atoms with E-state index in [0.29, 0.717) is 6.54 Å². The highest BCUT2D eigenvalue weighted by atomic mass is 19.1. The number of fused-ring (bicyclic) bond motifs is 1. The van der Waals surface area contributed by atoms with Gasteiger partial charge in [-0.05, 0) is 49.6 Å². The Morgan fingerprint density at radius 2 is 2.18 bits per heavy atom. The van der Waals surface area contributed by atoms with E-state index in [0.717, 1.165) is 36.7 Å². The van der Waals surface area contributed by atoms with Gasteiger partial charge in [0.15, 0.2) is 0 Å². The van der Waals surface area contributed by atoms with E-state index >= 15 is 0 Å². The third-order valence-electron chi connectivity index (χ3n) is 3.04. The lowest BCUT2D eigenvalue weighted by Gasteiger charge is -2.01. The molecule has 2 N–H and O–H groups in total. The van der Waals surface area contributed by atoms with Crippen LogP contribution in [0.4, 0.5) is 4.39 Å². The van der Waals surface area contributed by atoms with Crippen LogP contribution in [0.25, 0.3) is 10.9 Å². The van der Waals surface area contributed by atoms with Crippen molar-refractivity contribution in [1.29, 1.82) is 0 Å². The minimum atomic E-state index is -0.166. The molecule has 0 unspecified atom stereocenters. The normalized spacial score (nSPS) is 11.2. The summed E-state index contributed by atoms with van der Waals surface area (Å²) in [6, 6.07) is 5.03. The number of benzene rings is 1. The van der Waals surface area contributed by atoms with Crippen molar-refractivity contribution in [3.63, 3.8) is 0 Å². The van der Waals surface area contributed by atoms with Crippen molar-refractivity contribution in [3.8, 4) is 0 Å². The molecule has 2 aromatic rings. The van der Waals surface area contributed by atoms with Gasteiger partial charge in [0.05, 0.1) is 0 Å². The minimum Gasteiger partial charge on any atom is -0.347 e. The molecule has 3 heteroatoms. The Morgan fingerprint density at radius 3 is 2.88 bits per heavy atom. The van der Waals surface area contributed by atoms with Crippen molar-refractivity contribution in [2.24, 2.45) is 5.73 Å². The highest BCUT2D eigenvalue weighted by Gasteiger charge is 2.08. The molecule has 0 aliphatic rings. The Labute approximate surface area is 101 Å². The van der Waals surface area contributed by atoms with Gasteiger partial charge in [-0.25, -0.2) is 4.39 Å². The van der Waals surface area contributed by atoms with Gasteiger partial charge in [-0.2, -0.15) is 0 Å². The summed E-state index contributed by atoms with van der Waals surface area (Å²) in [6.07, 6.45) is 5.09. The van der Waals surface area contributed by atoms with E-state index in [4.69, 9.17) is 5.73 Å². The molecule has 0 bridgehead atoms. The average molecular weight is 234 g/mol. The van der Waals surface area contributed by atoms with Crippen LogP contribution in [0.15, 0.2) is 24.4 Å². The summed E-state index contributed by atoms with van der Waals surface area (Å²) >= 11 is 0. The smallest absolute Gasteiger partial charge is 0.123 e. The van der Waals surface area contributed by atoms with Crippen LogP contribution in [0, 0.1) is 5.82 Å². The molecule has 0 amide bonds. The van der Waals surface area contributed by atoms with E-state index < -0.39 is 0 Å². The summed E-state index contributed by atoms with van der Waals surface area (Å²) in [5, 5.41) is 1.03. The molecule has 0 radical (unpaired) electrons. The zero-order chi connectivity index (χ0) is 12.3. The molecule has 0 spiro atoms.